The average Bonchev–Trinajstić information content (AvgIpc) is 2.65. The number of hydrogen-bond donors (Lipinski definition) is 1. The molecule has 4 heteroatoms. The van der Waals surface area contributed by atoms with Gasteiger partial charge in [0.1, 0.15) is 11.6 Å². The molecule has 0 aliphatic rings. The number of nitrogens with zero attached hydrogens (tertiary/aromatic N) is 2. The molecule has 0 saturated carbocycles. The summed E-state index contributed by atoms with van der Waals surface area (Å²) < 4.78 is 7.21. The van der Waals surface area contributed by atoms with Crippen molar-refractivity contribution in [3.05, 3.63) is 35.8 Å². The molecule has 2 N–H and O–H groups in total. The minimum atomic E-state index is 0.447. The second-order valence-electron chi connectivity index (χ2n) is 3.95. The van der Waals surface area contributed by atoms with E-state index in [2.05, 4.69) is 9.55 Å². The Kier molecular flexibility index (Phi) is 3.15. The van der Waals surface area contributed by atoms with Gasteiger partial charge < -0.3 is 15.0 Å². The molecule has 4 nitrogen and oxygen atoms in total. The van der Waals surface area contributed by atoms with E-state index in [4.69, 9.17) is 10.5 Å². The van der Waals surface area contributed by atoms with Crippen molar-refractivity contribution in [1.29, 1.82) is 0 Å². The fourth-order valence-corrected chi connectivity index (χ4v) is 1.93. The largest absolute Gasteiger partial charge is 0.497 e. The van der Waals surface area contributed by atoms with Crippen LogP contribution in [-0.2, 0) is 13.6 Å². The quantitative estimate of drug-likeness (QED) is 0.877. The van der Waals surface area contributed by atoms with Crippen LogP contribution in [0.4, 0.5) is 0 Å². The molecule has 2 aromatic rings. The lowest BCUT2D eigenvalue weighted by Gasteiger charge is -2.07. The van der Waals surface area contributed by atoms with E-state index < -0.39 is 0 Å². The number of methoxy groups -OCH3 is 1. The number of hydrogen-bond acceptors (Lipinski definition) is 3. The Bertz CT molecular complexity index is 514. The Morgan fingerprint density at radius 1 is 1.29 bits per heavy atom. The van der Waals surface area contributed by atoms with E-state index >= 15 is 0 Å². The van der Waals surface area contributed by atoms with Crippen molar-refractivity contribution in [3.63, 3.8) is 0 Å². The Morgan fingerprint density at radius 3 is 2.47 bits per heavy atom. The van der Waals surface area contributed by atoms with Gasteiger partial charge in [-0.05, 0) is 31.2 Å². The monoisotopic (exact) mass is 231 g/mol. The highest BCUT2D eigenvalue weighted by atomic mass is 16.5. The van der Waals surface area contributed by atoms with E-state index in [0.29, 0.717) is 6.54 Å². The molecule has 0 spiro atoms. The fourth-order valence-electron chi connectivity index (χ4n) is 1.93. The number of rotatable bonds is 3. The van der Waals surface area contributed by atoms with Gasteiger partial charge in [0.15, 0.2) is 0 Å². The highest BCUT2D eigenvalue weighted by molar-refractivity contribution is 5.63. The maximum atomic E-state index is 5.73. The third-order valence-corrected chi connectivity index (χ3v) is 2.95. The Morgan fingerprint density at radius 2 is 1.94 bits per heavy atom. The van der Waals surface area contributed by atoms with E-state index in [9.17, 15) is 0 Å². The summed E-state index contributed by atoms with van der Waals surface area (Å²) in [6.07, 6.45) is 0. The van der Waals surface area contributed by atoms with Gasteiger partial charge in [0.2, 0.25) is 0 Å². The molecule has 1 heterocycles. The van der Waals surface area contributed by atoms with Crippen molar-refractivity contribution in [1.82, 2.24) is 9.55 Å². The van der Waals surface area contributed by atoms with E-state index in [0.717, 1.165) is 28.5 Å². The van der Waals surface area contributed by atoms with Crippen LogP contribution in [0, 0.1) is 6.92 Å². The molecule has 1 aromatic carbocycles. The Balaban J connectivity index is 2.51. The van der Waals surface area contributed by atoms with Gasteiger partial charge in [-0.2, -0.15) is 0 Å². The molecule has 90 valence electrons. The summed E-state index contributed by atoms with van der Waals surface area (Å²) in [7, 11) is 3.66. The summed E-state index contributed by atoms with van der Waals surface area (Å²) in [4.78, 5) is 4.45. The molecule has 1 aromatic heterocycles. The van der Waals surface area contributed by atoms with Gasteiger partial charge in [-0.1, -0.05) is 0 Å². The van der Waals surface area contributed by atoms with Crippen LogP contribution in [0.25, 0.3) is 11.3 Å². The van der Waals surface area contributed by atoms with Gasteiger partial charge in [0.05, 0.1) is 18.5 Å². The zero-order valence-electron chi connectivity index (χ0n) is 10.4. The lowest BCUT2D eigenvalue weighted by atomic mass is 10.1. The second-order valence-corrected chi connectivity index (χ2v) is 3.95. The van der Waals surface area contributed by atoms with Gasteiger partial charge in [-0.3, -0.25) is 0 Å². The number of benzene rings is 1. The summed E-state index contributed by atoms with van der Waals surface area (Å²) in [5.41, 5.74) is 8.83. The number of aryl methyl sites for hydroxylation is 1. The molecule has 0 amide bonds. The predicted octanol–water partition coefficient (Wildman–Crippen LogP) is 1.86. The van der Waals surface area contributed by atoms with Crippen molar-refractivity contribution in [3.8, 4) is 17.0 Å². The smallest absolute Gasteiger partial charge is 0.118 e. The van der Waals surface area contributed by atoms with Gasteiger partial charge in [0.25, 0.3) is 0 Å². The van der Waals surface area contributed by atoms with Crippen LogP contribution in [0.2, 0.25) is 0 Å². The van der Waals surface area contributed by atoms with Crippen molar-refractivity contribution in [2.75, 3.05) is 7.11 Å². The molecule has 0 atom stereocenters. The molecular weight excluding hydrogens is 214 g/mol. The topological polar surface area (TPSA) is 53.1 Å². The highest BCUT2D eigenvalue weighted by Crippen LogP contribution is 2.25. The second kappa shape index (κ2) is 4.59. The van der Waals surface area contributed by atoms with Crippen LogP contribution < -0.4 is 10.5 Å². The molecule has 17 heavy (non-hydrogen) atoms. The number of ether oxygens (including phenoxy) is 1. The van der Waals surface area contributed by atoms with Gasteiger partial charge in [0, 0.05) is 19.2 Å². The lowest BCUT2D eigenvalue weighted by Crippen LogP contribution is -2.00. The first kappa shape index (κ1) is 11.7. The minimum Gasteiger partial charge on any atom is -0.497 e. The number of imidazole rings is 1. The van der Waals surface area contributed by atoms with Crippen molar-refractivity contribution in [2.24, 2.45) is 12.8 Å². The molecule has 0 aliphatic carbocycles. The highest BCUT2D eigenvalue weighted by Gasteiger charge is 2.12. The number of aromatic nitrogens is 2. The van der Waals surface area contributed by atoms with Crippen LogP contribution in [0.15, 0.2) is 24.3 Å². The van der Waals surface area contributed by atoms with Gasteiger partial charge in [-0.25, -0.2) is 4.98 Å². The predicted molar refractivity (Wildman–Crippen MR) is 67.8 cm³/mol. The first-order chi connectivity index (χ1) is 8.17. The van der Waals surface area contributed by atoms with Crippen molar-refractivity contribution < 1.29 is 4.74 Å². The van der Waals surface area contributed by atoms with Crippen LogP contribution in [0.3, 0.4) is 0 Å². The first-order valence-electron chi connectivity index (χ1n) is 5.54. The maximum Gasteiger partial charge on any atom is 0.118 e. The molecule has 0 radical (unpaired) electrons. The standard InChI is InChI=1S/C13H17N3O/c1-9-15-12(8-14)13(16(9)2)10-4-6-11(17-3)7-5-10/h4-7H,8,14H2,1-3H3. The molecule has 0 fully saturated rings. The molecule has 2 rings (SSSR count). The molecule has 0 bridgehead atoms. The lowest BCUT2D eigenvalue weighted by molar-refractivity contribution is 0.415. The zero-order chi connectivity index (χ0) is 12.4. The van der Waals surface area contributed by atoms with Gasteiger partial charge >= 0.3 is 0 Å². The van der Waals surface area contributed by atoms with Crippen LogP contribution in [0.5, 0.6) is 5.75 Å². The normalized spacial score (nSPS) is 10.6. The summed E-state index contributed by atoms with van der Waals surface area (Å²) >= 11 is 0. The van der Waals surface area contributed by atoms with Crippen molar-refractivity contribution >= 4 is 0 Å². The fraction of sp³-hybridized carbons (Fsp3) is 0.308. The maximum absolute atomic E-state index is 5.73. The van der Waals surface area contributed by atoms with Gasteiger partial charge in [-0.15, -0.1) is 0 Å². The van der Waals surface area contributed by atoms with E-state index in [-0.39, 0.29) is 0 Å². The van der Waals surface area contributed by atoms with Crippen molar-refractivity contribution in [2.45, 2.75) is 13.5 Å². The minimum absolute atomic E-state index is 0.447. The Labute approximate surface area is 101 Å². The summed E-state index contributed by atoms with van der Waals surface area (Å²) in [6.45, 7) is 2.43. The first-order valence-corrected chi connectivity index (χ1v) is 5.54. The Hall–Kier alpha value is -1.81. The zero-order valence-corrected chi connectivity index (χ0v) is 10.4. The molecule has 0 saturated heterocycles. The van der Waals surface area contributed by atoms with Crippen LogP contribution >= 0.6 is 0 Å². The molecule has 0 unspecified atom stereocenters. The molecular formula is C13H17N3O. The van der Waals surface area contributed by atoms with E-state index in [1.54, 1.807) is 7.11 Å². The molecule has 0 aliphatic heterocycles. The van der Waals surface area contributed by atoms with Crippen LogP contribution in [-0.4, -0.2) is 16.7 Å². The number of nitrogens with two attached hydrogens (primary N) is 1. The SMILES string of the molecule is COc1ccc(-c2c(CN)nc(C)n2C)cc1. The average molecular weight is 231 g/mol. The summed E-state index contributed by atoms with van der Waals surface area (Å²) in [6, 6.07) is 7.93. The third kappa shape index (κ3) is 2.03. The summed E-state index contributed by atoms with van der Waals surface area (Å²) in [5.74, 6) is 1.82. The van der Waals surface area contributed by atoms with Crippen LogP contribution in [0.1, 0.15) is 11.5 Å². The van der Waals surface area contributed by atoms with E-state index in [1.807, 2.05) is 38.2 Å². The summed E-state index contributed by atoms with van der Waals surface area (Å²) in [5, 5.41) is 0. The van der Waals surface area contributed by atoms with E-state index in [1.165, 1.54) is 0 Å². The third-order valence-electron chi connectivity index (χ3n) is 2.95.